The predicted octanol–water partition coefficient (Wildman–Crippen LogP) is 2.37. The van der Waals surface area contributed by atoms with Crippen molar-refractivity contribution >= 4 is 23.9 Å². The molecule has 0 saturated heterocycles. The Labute approximate surface area is 186 Å². The quantitative estimate of drug-likeness (QED) is 0.410. The minimum absolute atomic E-state index is 0.0228. The minimum atomic E-state index is -2.68. The summed E-state index contributed by atoms with van der Waals surface area (Å²) in [5.74, 6) is -3.67. The topological polar surface area (TPSA) is 145 Å². The number of fused-ring (bicyclic) bond motifs is 2. The fraction of sp³-hybridized carbons (Fsp3) is 0.565. The number of hydrogen-bond donors (Lipinski definition) is 3. The van der Waals surface area contributed by atoms with Gasteiger partial charge in [-0.2, -0.15) is 0 Å². The van der Waals surface area contributed by atoms with E-state index in [1.54, 1.807) is 30.3 Å². The van der Waals surface area contributed by atoms with E-state index >= 15 is 0 Å². The number of benzene rings is 1. The first kappa shape index (κ1) is 23.6. The molecule has 2 bridgehead atoms. The molecule has 2 fully saturated rings. The lowest BCUT2D eigenvalue weighted by atomic mass is 9.70. The molecular formula is C23H30N2O7. The van der Waals surface area contributed by atoms with Crippen LogP contribution < -0.4 is 11.1 Å². The van der Waals surface area contributed by atoms with Crippen molar-refractivity contribution in [2.75, 3.05) is 0 Å². The number of carboxylic acid groups (broad SMARTS) is 1. The van der Waals surface area contributed by atoms with Gasteiger partial charge in [-0.25, -0.2) is 9.59 Å². The zero-order valence-electron chi connectivity index (χ0n) is 18.6. The van der Waals surface area contributed by atoms with Crippen LogP contribution in [0.5, 0.6) is 0 Å². The molecule has 2 saturated carbocycles. The molecule has 0 spiro atoms. The normalized spacial score (nSPS) is 27.2. The number of alkyl carbamates (subject to hydrolysis) is 1. The van der Waals surface area contributed by atoms with Crippen LogP contribution in [0.2, 0.25) is 0 Å². The van der Waals surface area contributed by atoms with Crippen molar-refractivity contribution in [3.8, 4) is 0 Å². The Balaban J connectivity index is 1.69. The van der Waals surface area contributed by atoms with Gasteiger partial charge in [0.25, 0.3) is 5.91 Å². The van der Waals surface area contributed by atoms with Crippen LogP contribution in [-0.4, -0.2) is 40.7 Å². The van der Waals surface area contributed by atoms with Gasteiger partial charge in [-0.05, 0) is 36.2 Å². The number of rotatable bonds is 8. The fourth-order valence-corrected chi connectivity index (χ4v) is 5.09. The lowest BCUT2D eigenvalue weighted by molar-refractivity contribution is -0.165. The van der Waals surface area contributed by atoms with E-state index in [-0.39, 0.29) is 17.4 Å². The first-order chi connectivity index (χ1) is 14.9. The van der Waals surface area contributed by atoms with Gasteiger partial charge in [-0.3, -0.25) is 14.9 Å². The highest BCUT2D eigenvalue weighted by molar-refractivity contribution is 6.10. The molecule has 4 N–H and O–H groups in total. The maximum absolute atomic E-state index is 12.7. The highest BCUT2D eigenvalue weighted by atomic mass is 16.6. The van der Waals surface area contributed by atoms with Crippen LogP contribution in [0, 0.1) is 16.7 Å². The molecule has 0 aliphatic heterocycles. The third kappa shape index (κ3) is 4.03. The smallest absolute Gasteiger partial charge is 0.408 e. The van der Waals surface area contributed by atoms with Crippen LogP contribution in [0.25, 0.3) is 0 Å². The molecule has 32 heavy (non-hydrogen) atoms. The molecule has 9 nitrogen and oxygen atoms in total. The van der Waals surface area contributed by atoms with E-state index in [1.165, 1.54) is 0 Å². The Hall–Kier alpha value is -3.10. The maximum atomic E-state index is 12.7. The Morgan fingerprint density at radius 3 is 2.34 bits per heavy atom. The standard InChI is InChI=1S/C23H30N2O7/c1-21(2)15-9-10-22(21,3)16(11-15)32-17(26)12-23(18(24)27,19(28)29)25-20(30)31-13-14-7-5-4-6-8-14/h4-8,15-16H,9-13H2,1-3H3,(H2,24,27)(H,25,30)(H,28,29). The van der Waals surface area contributed by atoms with Gasteiger partial charge in [-0.15, -0.1) is 0 Å². The molecule has 174 valence electrons. The van der Waals surface area contributed by atoms with Crippen LogP contribution in [0.4, 0.5) is 4.79 Å². The fourth-order valence-electron chi connectivity index (χ4n) is 5.09. The summed E-state index contributed by atoms with van der Waals surface area (Å²) in [5.41, 5.74) is 3.03. The van der Waals surface area contributed by atoms with E-state index in [2.05, 4.69) is 20.8 Å². The lowest BCUT2D eigenvalue weighted by Gasteiger charge is -2.38. The van der Waals surface area contributed by atoms with Gasteiger partial charge in [-0.1, -0.05) is 51.1 Å². The first-order valence-electron chi connectivity index (χ1n) is 10.6. The Bertz CT molecular complexity index is 900. The molecule has 0 heterocycles. The number of ether oxygens (including phenoxy) is 2. The minimum Gasteiger partial charge on any atom is -0.479 e. The molecule has 2 aliphatic rings. The number of nitrogens with two attached hydrogens (primary N) is 1. The summed E-state index contributed by atoms with van der Waals surface area (Å²) in [6.45, 7) is 6.21. The summed E-state index contributed by atoms with van der Waals surface area (Å²) in [4.78, 5) is 49.0. The zero-order chi connectivity index (χ0) is 23.7. The third-order valence-electron chi connectivity index (χ3n) is 7.71. The van der Waals surface area contributed by atoms with Gasteiger partial charge < -0.3 is 20.3 Å². The maximum Gasteiger partial charge on any atom is 0.408 e. The summed E-state index contributed by atoms with van der Waals surface area (Å²) in [7, 11) is 0. The second kappa shape index (κ2) is 8.44. The average Bonchev–Trinajstić information content (AvgIpc) is 3.05. The molecule has 2 aliphatic carbocycles. The zero-order valence-corrected chi connectivity index (χ0v) is 18.6. The van der Waals surface area contributed by atoms with Gasteiger partial charge in [0.2, 0.25) is 5.54 Å². The lowest BCUT2D eigenvalue weighted by Crippen LogP contribution is -2.64. The second-order valence-corrected chi connectivity index (χ2v) is 9.53. The molecule has 1 aromatic carbocycles. The average molecular weight is 447 g/mol. The van der Waals surface area contributed by atoms with Crippen LogP contribution in [0.1, 0.15) is 52.0 Å². The molecule has 4 unspecified atom stereocenters. The van der Waals surface area contributed by atoms with Crippen LogP contribution in [-0.2, 0) is 30.5 Å². The monoisotopic (exact) mass is 446 g/mol. The molecule has 2 amide bonds. The van der Waals surface area contributed by atoms with Crippen molar-refractivity contribution in [2.45, 2.75) is 64.7 Å². The highest BCUT2D eigenvalue weighted by Crippen LogP contribution is 2.66. The molecule has 0 aromatic heterocycles. The van der Waals surface area contributed by atoms with Crippen molar-refractivity contribution in [1.82, 2.24) is 5.32 Å². The molecular weight excluding hydrogens is 416 g/mol. The molecule has 4 atom stereocenters. The Morgan fingerprint density at radius 1 is 1.19 bits per heavy atom. The van der Waals surface area contributed by atoms with Gasteiger partial charge in [0.1, 0.15) is 12.7 Å². The Morgan fingerprint density at radius 2 is 1.84 bits per heavy atom. The number of amides is 2. The Kier molecular flexibility index (Phi) is 6.22. The molecule has 0 radical (unpaired) electrons. The van der Waals surface area contributed by atoms with E-state index in [9.17, 15) is 24.3 Å². The van der Waals surface area contributed by atoms with E-state index in [1.807, 2.05) is 5.32 Å². The number of carboxylic acids is 1. The van der Waals surface area contributed by atoms with Crippen molar-refractivity contribution in [3.05, 3.63) is 35.9 Å². The summed E-state index contributed by atoms with van der Waals surface area (Å²) in [5, 5.41) is 11.7. The van der Waals surface area contributed by atoms with Crippen molar-refractivity contribution < 1.29 is 33.8 Å². The van der Waals surface area contributed by atoms with Gasteiger partial charge in [0.15, 0.2) is 0 Å². The number of carbonyl (C=O) groups is 4. The number of aliphatic carboxylic acids is 1. The summed E-state index contributed by atoms with van der Waals surface area (Å²) >= 11 is 0. The molecule has 9 heteroatoms. The van der Waals surface area contributed by atoms with Gasteiger partial charge in [0, 0.05) is 5.41 Å². The van der Waals surface area contributed by atoms with Crippen molar-refractivity contribution in [3.63, 3.8) is 0 Å². The van der Waals surface area contributed by atoms with Gasteiger partial charge in [0.05, 0.1) is 6.42 Å². The van der Waals surface area contributed by atoms with Crippen molar-refractivity contribution in [2.24, 2.45) is 22.5 Å². The summed E-state index contributed by atoms with van der Waals surface area (Å²) < 4.78 is 10.7. The second-order valence-electron chi connectivity index (χ2n) is 9.53. The predicted molar refractivity (Wildman–Crippen MR) is 113 cm³/mol. The summed E-state index contributed by atoms with van der Waals surface area (Å²) in [6.07, 6.45) is 0.108. The SMILES string of the molecule is CC1(C)C2CCC1(C)C(OC(=O)CC(NC(=O)OCc1ccccc1)(C(N)=O)C(=O)O)C2. The largest absolute Gasteiger partial charge is 0.479 e. The van der Waals surface area contributed by atoms with Crippen LogP contribution >= 0.6 is 0 Å². The molecule has 3 rings (SSSR count). The number of esters is 1. The third-order valence-corrected chi connectivity index (χ3v) is 7.71. The molecule has 1 aromatic rings. The first-order valence-corrected chi connectivity index (χ1v) is 10.6. The number of primary amides is 1. The van der Waals surface area contributed by atoms with E-state index in [4.69, 9.17) is 15.2 Å². The number of nitrogens with one attached hydrogen (secondary N) is 1. The van der Waals surface area contributed by atoms with E-state index in [0.29, 0.717) is 17.9 Å². The number of carbonyl (C=O) groups excluding carboxylic acids is 3. The summed E-state index contributed by atoms with van der Waals surface area (Å²) in [6, 6.07) is 8.70. The van der Waals surface area contributed by atoms with Crippen LogP contribution in [0.15, 0.2) is 30.3 Å². The van der Waals surface area contributed by atoms with E-state index in [0.717, 1.165) is 12.8 Å². The van der Waals surface area contributed by atoms with Crippen LogP contribution in [0.3, 0.4) is 0 Å². The van der Waals surface area contributed by atoms with E-state index < -0.39 is 42.0 Å². The van der Waals surface area contributed by atoms with Gasteiger partial charge >= 0.3 is 18.0 Å². The number of hydrogen-bond acceptors (Lipinski definition) is 6. The van der Waals surface area contributed by atoms with Crippen molar-refractivity contribution in [1.29, 1.82) is 0 Å². The highest BCUT2D eigenvalue weighted by Gasteiger charge is 2.63.